The predicted molar refractivity (Wildman–Crippen MR) is 86.4 cm³/mol. The molecule has 0 aromatic carbocycles. The fourth-order valence-corrected chi connectivity index (χ4v) is 3.77. The molecule has 1 aliphatic heterocycles. The Morgan fingerprint density at radius 2 is 1.96 bits per heavy atom. The molecule has 4 nitrogen and oxygen atoms in total. The van der Waals surface area contributed by atoms with Gasteiger partial charge in [-0.05, 0) is 45.7 Å². The van der Waals surface area contributed by atoms with Crippen LogP contribution in [0.3, 0.4) is 0 Å². The summed E-state index contributed by atoms with van der Waals surface area (Å²) in [6.07, 6.45) is 0.0229. The lowest BCUT2D eigenvalue weighted by atomic mass is 9.89. The zero-order valence-electron chi connectivity index (χ0n) is 14.0. The van der Waals surface area contributed by atoms with Gasteiger partial charge in [0.1, 0.15) is 10.8 Å². The summed E-state index contributed by atoms with van der Waals surface area (Å²) in [5.74, 6) is -3.74. The number of rotatable bonds is 1. The van der Waals surface area contributed by atoms with Gasteiger partial charge in [0, 0.05) is 13.1 Å². The molecule has 2 fully saturated rings. The molecule has 1 aromatic heterocycles. The van der Waals surface area contributed by atoms with Gasteiger partial charge < -0.3 is 9.64 Å². The highest BCUT2D eigenvalue weighted by Crippen LogP contribution is 2.75. The van der Waals surface area contributed by atoms with Crippen molar-refractivity contribution in [2.24, 2.45) is 5.41 Å². The van der Waals surface area contributed by atoms with Crippen molar-refractivity contribution in [1.29, 1.82) is 0 Å². The van der Waals surface area contributed by atoms with E-state index in [1.807, 2.05) is 0 Å². The van der Waals surface area contributed by atoms with Crippen LogP contribution in [0.5, 0.6) is 0 Å². The Balaban J connectivity index is 1.70. The summed E-state index contributed by atoms with van der Waals surface area (Å²) in [5.41, 5.74) is -1.38. The number of aromatic nitrogens is 1. The highest BCUT2D eigenvalue weighted by Gasteiger charge is 2.81. The van der Waals surface area contributed by atoms with Gasteiger partial charge in [0.15, 0.2) is 0 Å². The molecule has 1 saturated carbocycles. The van der Waals surface area contributed by atoms with Gasteiger partial charge in [0.25, 0.3) is 5.92 Å². The minimum Gasteiger partial charge on any atom is -0.444 e. The molecular formula is C17H21ClF2N2O2. The maximum absolute atomic E-state index is 14.5. The van der Waals surface area contributed by atoms with E-state index in [-0.39, 0.29) is 31.1 Å². The second-order valence-electron chi connectivity index (χ2n) is 7.56. The number of ether oxygens (including phenoxy) is 1. The van der Waals surface area contributed by atoms with Gasteiger partial charge in [-0.3, -0.25) is 0 Å². The molecule has 1 aromatic rings. The summed E-state index contributed by atoms with van der Waals surface area (Å²) in [7, 11) is 0. The van der Waals surface area contributed by atoms with Gasteiger partial charge in [0.05, 0.1) is 17.0 Å². The van der Waals surface area contributed by atoms with Crippen molar-refractivity contribution in [1.82, 2.24) is 9.88 Å². The number of pyridine rings is 1. The smallest absolute Gasteiger partial charge is 0.410 e. The van der Waals surface area contributed by atoms with E-state index >= 15 is 0 Å². The van der Waals surface area contributed by atoms with E-state index in [9.17, 15) is 13.6 Å². The molecule has 0 N–H and O–H groups in total. The van der Waals surface area contributed by atoms with Crippen LogP contribution in [-0.4, -0.2) is 40.6 Å². The molecule has 1 aliphatic carbocycles. The average Bonchev–Trinajstić information content (AvgIpc) is 2.92. The van der Waals surface area contributed by atoms with Crippen molar-refractivity contribution in [3.8, 4) is 0 Å². The number of hydrogen-bond acceptors (Lipinski definition) is 3. The lowest BCUT2D eigenvalue weighted by Gasteiger charge is -2.34. The molecule has 1 atom stereocenters. The molecule has 0 radical (unpaired) electrons. The highest BCUT2D eigenvalue weighted by atomic mass is 35.5. The Kier molecular flexibility index (Phi) is 4.02. The number of nitrogens with zero attached hydrogens (tertiary/aromatic N) is 2. The Hall–Kier alpha value is -1.43. The van der Waals surface area contributed by atoms with E-state index in [2.05, 4.69) is 4.98 Å². The van der Waals surface area contributed by atoms with Crippen molar-refractivity contribution in [3.63, 3.8) is 0 Å². The highest BCUT2D eigenvalue weighted by molar-refractivity contribution is 6.29. The molecule has 1 saturated heterocycles. The number of carbonyl (C=O) groups is 1. The summed E-state index contributed by atoms with van der Waals surface area (Å²) in [5, 5.41) is 0.219. The average molecular weight is 359 g/mol. The number of piperidine rings is 1. The van der Waals surface area contributed by atoms with Crippen LogP contribution < -0.4 is 0 Å². The molecule has 0 unspecified atom stereocenters. The number of likely N-dealkylation sites (tertiary alicyclic amines) is 1. The topological polar surface area (TPSA) is 42.4 Å². The molecule has 1 spiro atoms. The fraction of sp³-hybridized carbons (Fsp3) is 0.647. The Bertz CT molecular complexity index is 652. The third-order valence-electron chi connectivity index (χ3n) is 4.84. The van der Waals surface area contributed by atoms with Crippen LogP contribution in [0.25, 0.3) is 0 Å². The van der Waals surface area contributed by atoms with Crippen LogP contribution in [0.4, 0.5) is 13.6 Å². The van der Waals surface area contributed by atoms with Crippen LogP contribution in [-0.2, 0) is 4.74 Å². The van der Waals surface area contributed by atoms with E-state index < -0.39 is 28.9 Å². The first-order valence-electron chi connectivity index (χ1n) is 8.05. The van der Waals surface area contributed by atoms with Gasteiger partial charge in [-0.1, -0.05) is 17.7 Å². The Morgan fingerprint density at radius 3 is 2.50 bits per heavy atom. The lowest BCUT2D eigenvalue weighted by Crippen LogP contribution is -2.43. The summed E-state index contributed by atoms with van der Waals surface area (Å²) < 4.78 is 34.4. The molecule has 1 amide bonds. The summed E-state index contributed by atoms with van der Waals surface area (Å²) in [6, 6.07) is 4.81. The molecule has 24 heavy (non-hydrogen) atoms. The number of amides is 1. The quantitative estimate of drug-likeness (QED) is 0.695. The minimum atomic E-state index is -2.81. The largest absolute Gasteiger partial charge is 0.444 e. The zero-order chi connectivity index (χ0) is 17.8. The molecule has 3 rings (SSSR count). The monoisotopic (exact) mass is 358 g/mol. The SMILES string of the molecule is CC(C)(C)OC(=O)N1CCC2(CC1)[C@@H](c1cccc(Cl)n1)C2(F)F. The van der Waals surface area contributed by atoms with Crippen molar-refractivity contribution >= 4 is 17.7 Å². The standard InChI is InChI=1S/C17H21ClF2N2O2/c1-15(2,3)24-14(23)22-9-7-16(8-10-22)13(17(16,19)20)11-5-4-6-12(18)21-11/h4-6,13H,7-10H2,1-3H3/t13-/m1/s1. The number of alkyl halides is 2. The maximum Gasteiger partial charge on any atom is 0.410 e. The van der Waals surface area contributed by atoms with Gasteiger partial charge in [-0.15, -0.1) is 0 Å². The zero-order valence-corrected chi connectivity index (χ0v) is 14.7. The maximum atomic E-state index is 14.5. The third-order valence-corrected chi connectivity index (χ3v) is 5.05. The van der Waals surface area contributed by atoms with Crippen LogP contribution in [0.1, 0.15) is 45.2 Å². The van der Waals surface area contributed by atoms with Crippen LogP contribution >= 0.6 is 11.6 Å². The third kappa shape index (κ3) is 2.85. The van der Waals surface area contributed by atoms with Gasteiger partial charge in [0.2, 0.25) is 0 Å². The van der Waals surface area contributed by atoms with Crippen molar-refractivity contribution < 1.29 is 18.3 Å². The van der Waals surface area contributed by atoms with Crippen LogP contribution in [0.2, 0.25) is 5.15 Å². The molecule has 7 heteroatoms. The van der Waals surface area contributed by atoms with Crippen LogP contribution in [0.15, 0.2) is 18.2 Å². The summed E-state index contributed by atoms with van der Waals surface area (Å²) in [4.78, 5) is 17.7. The van der Waals surface area contributed by atoms with Gasteiger partial charge >= 0.3 is 6.09 Å². The van der Waals surface area contributed by atoms with E-state index in [1.165, 1.54) is 4.90 Å². The Morgan fingerprint density at radius 1 is 1.33 bits per heavy atom. The van der Waals surface area contributed by atoms with Gasteiger partial charge in [-0.25, -0.2) is 18.6 Å². The summed E-state index contributed by atoms with van der Waals surface area (Å²) >= 11 is 5.84. The predicted octanol–water partition coefficient (Wildman–Crippen LogP) is 4.48. The molecular weight excluding hydrogens is 338 g/mol. The Labute approximate surface area is 145 Å². The van der Waals surface area contributed by atoms with Crippen LogP contribution in [0, 0.1) is 5.41 Å². The van der Waals surface area contributed by atoms with E-state index in [0.29, 0.717) is 5.69 Å². The van der Waals surface area contributed by atoms with Crippen molar-refractivity contribution in [2.45, 2.75) is 51.1 Å². The summed E-state index contributed by atoms with van der Waals surface area (Å²) in [6.45, 7) is 5.88. The minimum absolute atomic E-state index is 0.219. The van der Waals surface area contributed by atoms with Gasteiger partial charge in [-0.2, -0.15) is 0 Å². The number of hydrogen-bond donors (Lipinski definition) is 0. The first-order chi connectivity index (χ1) is 11.1. The number of carbonyl (C=O) groups excluding carboxylic acids is 1. The molecule has 132 valence electrons. The first kappa shape index (κ1) is 17.4. The second-order valence-corrected chi connectivity index (χ2v) is 7.95. The number of halogens is 3. The second kappa shape index (κ2) is 5.55. The van der Waals surface area contributed by atoms with E-state index in [0.717, 1.165) is 0 Å². The fourth-order valence-electron chi connectivity index (χ4n) is 3.60. The van der Waals surface area contributed by atoms with Crippen molar-refractivity contribution in [3.05, 3.63) is 29.0 Å². The van der Waals surface area contributed by atoms with E-state index in [1.54, 1.807) is 39.0 Å². The van der Waals surface area contributed by atoms with Crippen molar-refractivity contribution in [2.75, 3.05) is 13.1 Å². The molecule has 2 aliphatic rings. The molecule has 0 bridgehead atoms. The molecule has 2 heterocycles. The normalized spacial score (nSPS) is 24.8. The lowest BCUT2D eigenvalue weighted by molar-refractivity contribution is 0.00115. The van der Waals surface area contributed by atoms with E-state index in [4.69, 9.17) is 16.3 Å². The first-order valence-corrected chi connectivity index (χ1v) is 8.43.